The van der Waals surface area contributed by atoms with E-state index in [9.17, 15) is 0 Å². The van der Waals surface area contributed by atoms with E-state index in [0.29, 0.717) is 0 Å². The first-order chi connectivity index (χ1) is 8.84. The smallest absolute Gasteiger partial charge is 0.0344 e. The van der Waals surface area contributed by atoms with Crippen molar-refractivity contribution < 1.29 is 0 Å². The van der Waals surface area contributed by atoms with E-state index < -0.39 is 0 Å². The van der Waals surface area contributed by atoms with Crippen LogP contribution in [0, 0.1) is 41.5 Å². The molecule has 2 rings (SSSR count). The molecule has 0 atom stereocenters. The van der Waals surface area contributed by atoms with E-state index in [4.69, 9.17) is 5.73 Å². The van der Waals surface area contributed by atoms with Crippen LogP contribution in [-0.2, 0) is 0 Å². The minimum absolute atomic E-state index is 0.861. The Bertz CT molecular complexity index is 622. The van der Waals surface area contributed by atoms with E-state index in [1.807, 2.05) is 6.07 Å². The lowest BCUT2D eigenvalue weighted by Crippen LogP contribution is -2.00. The highest BCUT2D eigenvalue weighted by Crippen LogP contribution is 2.34. The van der Waals surface area contributed by atoms with Crippen LogP contribution in [-0.4, -0.2) is 0 Å². The molecule has 0 aliphatic carbocycles. The fourth-order valence-corrected chi connectivity index (χ4v) is 2.76. The summed E-state index contributed by atoms with van der Waals surface area (Å²) in [5.41, 5.74) is 17.5. The molecule has 2 aromatic carbocycles. The summed E-state index contributed by atoms with van der Waals surface area (Å²) in [5, 5.41) is 0. The average Bonchev–Trinajstić information content (AvgIpc) is 2.38. The van der Waals surface area contributed by atoms with Crippen molar-refractivity contribution in [2.75, 3.05) is 5.73 Å². The number of anilines is 1. The van der Waals surface area contributed by atoms with Gasteiger partial charge >= 0.3 is 0 Å². The quantitative estimate of drug-likeness (QED) is 0.727. The molecule has 0 saturated carbocycles. The van der Waals surface area contributed by atoms with Gasteiger partial charge in [-0.05, 0) is 98.2 Å². The van der Waals surface area contributed by atoms with E-state index >= 15 is 0 Å². The third-order valence-corrected chi connectivity index (χ3v) is 4.56. The molecule has 19 heavy (non-hydrogen) atoms. The third-order valence-electron chi connectivity index (χ3n) is 4.56. The Morgan fingerprint density at radius 2 is 1.16 bits per heavy atom. The minimum atomic E-state index is 0.861. The number of hydrogen-bond acceptors (Lipinski definition) is 1. The van der Waals surface area contributed by atoms with Crippen molar-refractivity contribution in [1.82, 2.24) is 0 Å². The molecule has 0 aliphatic heterocycles. The Hall–Kier alpha value is -1.76. The standard InChI is InChI=1S/C18H23N/c1-10-9-16(7-8-17(10)19)18-14(5)12(3)11(2)13(4)15(18)6/h7-9H,19H2,1-6H3. The Balaban J connectivity index is 2.79. The number of aryl methyl sites for hydroxylation is 1. The second kappa shape index (κ2) is 4.73. The predicted octanol–water partition coefficient (Wildman–Crippen LogP) is 4.79. The molecular formula is C18H23N. The molecule has 0 aliphatic rings. The van der Waals surface area contributed by atoms with E-state index in [2.05, 4.69) is 53.7 Å². The highest BCUT2D eigenvalue weighted by Gasteiger charge is 2.14. The summed E-state index contributed by atoms with van der Waals surface area (Å²) in [6.45, 7) is 13.1. The van der Waals surface area contributed by atoms with Gasteiger partial charge in [-0.2, -0.15) is 0 Å². The van der Waals surface area contributed by atoms with Crippen LogP contribution >= 0.6 is 0 Å². The summed E-state index contributed by atoms with van der Waals surface area (Å²) in [5.74, 6) is 0. The van der Waals surface area contributed by atoms with Gasteiger partial charge in [-0.1, -0.05) is 6.07 Å². The molecule has 100 valence electrons. The number of hydrogen-bond donors (Lipinski definition) is 1. The van der Waals surface area contributed by atoms with Crippen molar-refractivity contribution in [3.8, 4) is 11.1 Å². The Morgan fingerprint density at radius 3 is 1.63 bits per heavy atom. The van der Waals surface area contributed by atoms with Crippen molar-refractivity contribution in [1.29, 1.82) is 0 Å². The van der Waals surface area contributed by atoms with Crippen molar-refractivity contribution in [3.63, 3.8) is 0 Å². The fraction of sp³-hybridized carbons (Fsp3) is 0.333. The van der Waals surface area contributed by atoms with Crippen molar-refractivity contribution in [2.24, 2.45) is 0 Å². The molecule has 0 heterocycles. The van der Waals surface area contributed by atoms with Crippen LogP contribution in [0.5, 0.6) is 0 Å². The summed E-state index contributed by atoms with van der Waals surface area (Å²) in [6.07, 6.45) is 0. The molecule has 0 spiro atoms. The maximum absolute atomic E-state index is 5.93. The van der Waals surface area contributed by atoms with Crippen molar-refractivity contribution >= 4 is 5.69 Å². The minimum Gasteiger partial charge on any atom is -0.399 e. The van der Waals surface area contributed by atoms with Gasteiger partial charge in [0, 0.05) is 5.69 Å². The average molecular weight is 253 g/mol. The first kappa shape index (κ1) is 13.7. The number of benzene rings is 2. The summed E-state index contributed by atoms with van der Waals surface area (Å²) in [4.78, 5) is 0. The third kappa shape index (κ3) is 2.14. The van der Waals surface area contributed by atoms with Crippen LogP contribution in [0.3, 0.4) is 0 Å². The van der Waals surface area contributed by atoms with Gasteiger partial charge in [0.05, 0.1) is 0 Å². The lowest BCUT2D eigenvalue weighted by molar-refractivity contribution is 1.18. The van der Waals surface area contributed by atoms with E-state index in [-0.39, 0.29) is 0 Å². The van der Waals surface area contributed by atoms with E-state index in [1.54, 1.807) is 0 Å². The van der Waals surface area contributed by atoms with Crippen LogP contribution in [0.15, 0.2) is 18.2 Å². The lowest BCUT2D eigenvalue weighted by atomic mass is 9.86. The maximum atomic E-state index is 5.93. The van der Waals surface area contributed by atoms with Gasteiger partial charge in [-0.25, -0.2) is 0 Å². The first-order valence-corrected chi connectivity index (χ1v) is 6.78. The highest BCUT2D eigenvalue weighted by atomic mass is 14.5. The molecule has 0 amide bonds. The zero-order valence-corrected chi connectivity index (χ0v) is 12.8. The second-order valence-corrected chi connectivity index (χ2v) is 5.57. The number of nitrogens with two attached hydrogens (primary N) is 1. The summed E-state index contributed by atoms with van der Waals surface area (Å²) in [7, 11) is 0. The molecular weight excluding hydrogens is 230 g/mol. The summed E-state index contributed by atoms with van der Waals surface area (Å²) >= 11 is 0. The SMILES string of the molecule is Cc1cc(-c2c(C)c(C)c(C)c(C)c2C)ccc1N. The van der Waals surface area contributed by atoms with Crippen LogP contribution < -0.4 is 5.73 Å². The monoisotopic (exact) mass is 253 g/mol. The van der Waals surface area contributed by atoms with Gasteiger partial charge < -0.3 is 5.73 Å². The van der Waals surface area contributed by atoms with Crippen LogP contribution in [0.25, 0.3) is 11.1 Å². The number of nitrogen functional groups attached to an aromatic ring is 1. The largest absolute Gasteiger partial charge is 0.399 e. The molecule has 2 aromatic rings. The lowest BCUT2D eigenvalue weighted by Gasteiger charge is -2.19. The van der Waals surface area contributed by atoms with Crippen molar-refractivity contribution in [2.45, 2.75) is 41.5 Å². The highest BCUT2D eigenvalue weighted by molar-refractivity contribution is 5.76. The Labute approximate surface area is 116 Å². The predicted molar refractivity (Wildman–Crippen MR) is 84.7 cm³/mol. The van der Waals surface area contributed by atoms with Gasteiger partial charge in [0.25, 0.3) is 0 Å². The van der Waals surface area contributed by atoms with Crippen LogP contribution in [0.1, 0.15) is 33.4 Å². The van der Waals surface area contributed by atoms with E-state index in [1.165, 1.54) is 38.9 Å². The van der Waals surface area contributed by atoms with Gasteiger partial charge in [-0.3, -0.25) is 0 Å². The number of rotatable bonds is 1. The maximum Gasteiger partial charge on any atom is 0.0344 e. The molecule has 0 radical (unpaired) electrons. The van der Waals surface area contributed by atoms with E-state index in [0.717, 1.165) is 11.3 Å². The second-order valence-electron chi connectivity index (χ2n) is 5.57. The molecule has 2 N–H and O–H groups in total. The molecule has 0 aromatic heterocycles. The Morgan fingerprint density at radius 1 is 0.684 bits per heavy atom. The zero-order valence-electron chi connectivity index (χ0n) is 12.8. The molecule has 1 heteroatoms. The normalized spacial score (nSPS) is 10.8. The van der Waals surface area contributed by atoms with Crippen LogP contribution in [0.2, 0.25) is 0 Å². The first-order valence-electron chi connectivity index (χ1n) is 6.78. The summed E-state index contributed by atoms with van der Waals surface area (Å²) in [6, 6.07) is 6.33. The fourth-order valence-electron chi connectivity index (χ4n) is 2.76. The van der Waals surface area contributed by atoms with Gasteiger partial charge in [0.1, 0.15) is 0 Å². The topological polar surface area (TPSA) is 26.0 Å². The molecule has 0 saturated heterocycles. The molecule has 0 fully saturated rings. The van der Waals surface area contributed by atoms with Gasteiger partial charge in [0.15, 0.2) is 0 Å². The zero-order chi connectivity index (χ0) is 14.3. The van der Waals surface area contributed by atoms with Crippen LogP contribution in [0.4, 0.5) is 5.69 Å². The summed E-state index contributed by atoms with van der Waals surface area (Å²) < 4.78 is 0. The Kier molecular flexibility index (Phi) is 3.40. The molecule has 1 nitrogen and oxygen atoms in total. The van der Waals surface area contributed by atoms with Gasteiger partial charge in [-0.15, -0.1) is 0 Å². The molecule has 0 bridgehead atoms. The van der Waals surface area contributed by atoms with Gasteiger partial charge in [0.2, 0.25) is 0 Å². The van der Waals surface area contributed by atoms with Crippen molar-refractivity contribution in [3.05, 3.63) is 51.6 Å². The molecule has 0 unspecified atom stereocenters.